The lowest BCUT2D eigenvalue weighted by Crippen LogP contribution is -2.40. The van der Waals surface area contributed by atoms with E-state index in [1.807, 2.05) is 30.7 Å². The van der Waals surface area contributed by atoms with E-state index in [0.717, 1.165) is 30.3 Å². The van der Waals surface area contributed by atoms with Crippen molar-refractivity contribution in [2.45, 2.75) is 5.92 Å². The standard InChI is InChI=1S/C14H17N3O2/c1-18-11-3-4-14(19-2)12(5-11)17-9-16-8-13(17)10-6-15-7-10/h3-5,8-10,15H,6-7H2,1-2H3. The van der Waals surface area contributed by atoms with Gasteiger partial charge in [-0.3, -0.25) is 4.57 Å². The summed E-state index contributed by atoms with van der Waals surface area (Å²) in [7, 11) is 3.34. The molecule has 2 heterocycles. The molecule has 1 aliphatic rings. The van der Waals surface area contributed by atoms with Gasteiger partial charge in [0.25, 0.3) is 0 Å². The first-order valence-electron chi connectivity index (χ1n) is 6.29. The van der Waals surface area contributed by atoms with Gasteiger partial charge in [-0.25, -0.2) is 4.98 Å². The van der Waals surface area contributed by atoms with Crippen LogP contribution in [0.5, 0.6) is 11.5 Å². The van der Waals surface area contributed by atoms with Crippen LogP contribution in [0.4, 0.5) is 0 Å². The number of ether oxygens (including phenoxy) is 2. The maximum absolute atomic E-state index is 5.44. The zero-order valence-electron chi connectivity index (χ0n) is 11.1. The molecule has 2 aromatic rings. The lowest BCUT2D eigenvalue weighted by molar-refractivity contribution is 0.399. The Kier molecular flexibility index (Phi) is 3.13. The highest BCUT2D eigenvalue weighted by Gasteiger charge is 2.23. The van der Waals surface area contributed by atoms with Gasteiger partial charge in [-0.2, -0.15) is 0 Å². The Morgan fingerprint density at radius 2 is 2.11 bits per heavy atom. The van der Waals surface area contributed by atoms with Crippen molar-refractivity contribution in [1.82, 2.24) is 14.9 Å². The van der Waals surface area contributed by atoms with Gasteiger partial charge in [0, 0.05) is 37.0 Å². The van der Waals surface area contributed by atoms with Crippen LogP contribution in [0.15, 0.2) is 30.7 Å². The number of imidazole rings is 1. The summed E-state index contributed by atoms with van der Waals surface area (Å²) in [6, 6.07) is 5.77. The van der Waals surface area contributed by atoms with Crippen LogP contribution < -0.4 is 14.8 Å². The summed E-state index contributed by atoms with van der Waals surface area (Å²) in [5.41, 5.74) is 2.16. The van der Waals surface area contributed by atoms with Gasteiger partial charge >= 0.3 is 0 Å². The van der Waals surface area contributed by atoms with Crippen LogP contribution in [-0.4, -0.2) is 36.9 Å². The number of nitrogens with one attached hydrogen (secondary N) is 1. The molecule has 1 aliphatic heterocycles. The maximum atomic E-state index is 5.44. The van der Waals surface area contributed by atoms with Crippen molar-refractivity contribution in [2.75, 3.05) is 27.3 Å². The fourth-order valence-corrected chi connectivity index (χ4v) is 2.29. The smallest absolute Gasteiger partial charge is 0.143 e. The van der Waals surface area contributed by atoms with Crippen LogP contribution in [0.2, 0.25) is 0 Å². The topological polar surface area (TPSA) is 48.3 Å². The summed E-state index contributed by atoms with van der Waals surface area (Å²) in [5, 5.41) is 3.28. The number of benzene rings is 1. The summed E-state index contributed by atoms with van der Waals surface area (Å²) in [4.78, 5) is 4.27. The van der Waals surface area contributed by atoms with Crippen LogP contribution in [-0.2, 0) is 0 Å². The molecular formula is C14H17N3O2. The minimum Gasteiger partial charge on any atom is -0.497 e. The molecule has 0 spiro atoms. The summed E-state index contributed by atoms with van der Waals surface area (Å²) in [6.45, 7) is 2.00. The van der Waals surface area contributed by atoms with Gasteiger partial charge in [-0.15, -0.1) is 0 Å². The largest absolute Gasteiger partial charge is 0.497 e. The van der Waals surface area contributed by atoms with E-state index in [9.17, 15) is 0 Å². The lowest BCUT2D eigenvalue weighted by atomic mass is 9.99. The SMILES string of the molecule is COc1ccc(OC)c(-n2cncc2C2CNC2)c1. The third-order valence-corrected chi connectivity index (χ3v) is 3.51. The predicted molar refractivity (Wildman–Crippen MR) is 72.3 cm³/mol. The van der Waals surface area contributed by atoms with Crippen molar-refractivity contribution in [3.05, 3.63) is 36.4 Å². The maximum Gasteiger partial charge on any atom is 0.143 e. The third-order valence-electron chi connectivity index (χ3n) is 3.51. The van der Waals surface area contributed by atoms with E-state index in [0.29, 0.717) is 5.92 Å². The molecule has 0 aliphatic carbocycles. The molecule has 3 rings (SSSR count). The average molecular weight is 259 g/mol. The Labute approximate surface area is 112 Å². The van der Waals surface area contributed by atoms with Crippen molar-refractivity contribution in [1.29, 1.82) is 0 Å². The van der Waals surface area contributed by atoms with E-state index in [1.54, 1.807) is 14.2 Å². The highest BCUT2D eigenvalue weighted by molar-refractivity contribution is 5.52. The molecular weight excluding hydrogens is 242 g/mol. The molecule has 1 aromatic heterocycles. The molecule has 5 heteroatoms. The molecule has 0 radical (unpaired) electrons. The highest BCUT2D eigenvalue weighted by Crippen LogP contribution is 2.31. The molecule has 1 fully saturated rings. The van der Waals surface area contributed by atoms with E-state index in [1.165, 1.54) is 5.69 Å². The lowest BCUT2D eigenvalue weighted by Gasteiger charge is -2.28. The number of hydrogen-bond acceptors (Lipinski definition) is 4. The number of rotatable bonds is 4. The number of nitrogens with zero attached hydrogens (tertiary/aromatic N) is 2. The molecule has 1 N–H and O–H groups in total. The van der Waals surface area contributed by atoms with Crippen molar-refractivity contribution in [3.63, 3.8) is 0 Å². The van der Waals surface area contributed by atoms with Crippen LogP contribution in [0.3, 0.4) is 0 Å². The van der Waals surface area contributed by atoms with Gasteiger partial charge in [-0.05, 0) is 12.1 Å². The predicted octanol–water partition coefficient (Wildman–Crippen LogP) is 1.58. The molecule has 0 atom stereocenters. The first-order chi connectivity index (χ1) is 9.33. The van der Waals surface area contributed by atoms with E-state index < -0.39 is 0 Å². The van der Waals surface area contributed by atoms with Gasteiger partial charge in [-0.1, -0.05) is 0 Å². The molecule has 0 amide bonds. The summed E-state index contributed by atoms with van der Waals surface area (Å²) in [6.07, 6.45) is 3.75. The van der Waals surface area contributed by atoms with Gasteiger partial charge in [0.2, 0.25) is 0 Å². The second-order valence-corrected chi connectivity index (χ2v) is 4.58. The van der Waals surface area contributed by atoms with Crippen molar-refractivity contribution >= 4 is 0 Å². The molecule has 0 unspecified atom stereocenters. The van der Waals surface area contributed by atoms with Crippen LogP contribution >= 0.6 is 0 Å². The van der Waals surface area contributed by atoms with Gasteiger partial charge in [0.05, 0.1) is 26.2 Å². The number of aromatic nitrogens is 2. The van der Waals surface area contributed by atoms with Gasteiger partial charge < -0.3 is 14.8 Å². The first kappa shape index (κ1) is 12.0. The molecule has 0 saturated carbocycles. The minimum atomic E-state index is 0.512. The molecule has 1 aromatic carbocycles. The zero-order valence-corrected chi connectivity index (χ0v) is 11.1. The Hall–Kier alpha value is -2.01. The van der Waals surface area contributed by atoms with E-state index in [4.69, 9.17) is 9.47 Å². The molecule has 100 valence electrons. The molecule has 5 nitrogen and oxygen atoms in total. The van der Waals surface area contributed by atoms with E-state index in [2.05, 4.69) is 14.9 Å². The average Bonchev–Trinajstić information content (AvgIpc) is 2.84. The summed E-state index contributed by atoms with van der Waals surface area (Å²) < 4.78 is 12.8. The molecule has 19 heavy (non-hydrogen) atoms. The second kappa shape index (κ2) is 4.93. The third kappa shape index (κ3) is 2.06. The fraction of sp³-hybridized carbons (Fsp3) is 0.357. The van der Waals surface area contributed by atoms with Crippen molar-refractivity contribution in [2.24, 2.45) is 0 Å². The number of methoxy groups -OCH3 is 2. The number of hydrogen-bond donors (Lipinski definition) is 1. The fourth-order valence-electron chi connectivity index (χ4n) is 2.29. The van der Waals surface area contributed by atoms with Gasteiger partial charge in [0.1, 0.15) is 11.5 Å². The Bertz CT molecular complexity index is 576. The molecule has 0 bridgehead atoms. The van der Waals surface area contributed by atoms with Crippen molar-refractivity contribution in [3.8, 4) is 17.2 Å². The van der Waals surface area contributed by atoms with Crippen LogP contribution in [0.1, 0.15) is 11.6 Å². The Morgan fingerprint density at radius 1 is 1.26 bits per heavy atom. The van der Waals surface area contributed by atoms with E-state index >= 15 is 0 Å². The van der Waals surface area contributed by atoms with Crippen LogP contribution in [0.25, 0.3) is 5.69 Å². The van der Waals surface area contributed by atoms with Gasteiger partial charge in [0.15, 0.2) is 0 Å². The van der Waals surface area contributed by atoms with E-state index in [-0.39, 0.29) is 0 Å². The normalized spacial score (nSPS) is 15.1. The quantitative estimate of drug-likeness (QED) is 0.905. The first-order valence-corrected chi connectivity index (χ1v) is 6.29. The monoisotopic (exact) mass is 259 g/mol. The zero-order chi connectivity index (χ0) is 13.2. The van der Waals surface area contributed by atoms with Crippen molar-refractivity contribution < 1.29 is 9.47 Å². The Morgan fingerprint density at radius 3 is 2.74 bits per heavy atom. The summed E-state index contributed by atoms with van der Waals surface area (Å²) >= 11 is 0. The Balaban J connectivity index is 2.07. The minimum absolute atomic E-state index is 0.512. The second-order valence-electron chi connectivity index (χ2n) is 4.58. The highest BCUT2D eigenvalue weighted by atomic mass is 16.5. The molecule has 1 saturated heterocycles. The van der Waals surface area contributed by atoms with Crippen LogP contribution in [0, 0.1) is 0 Å². The summed E-state index contributed by atoms with van der Waals surface area (Å²) in [5.74, 6) is 2.13.